The molecule has 3 heteroatoms. The first-order valence-electron chi connectivity index (χ1n) is 5.57. The fourth-order valence-corrected chi connectivity index (χ4v) is 1.55. The molecule has 1 aromatic heterocycles. The van der Waals surface area contributed by atoms with Crippen LogP contribution in [0.25, 0.3) is 0 Å². The molecular formula is C12H20N2O. The van der Waals surface area contributed by atoms with Gasteiger partial charge in [0.15, 0.2) is 0 Å². The van der Waals surface area contributed by atoms with E-state index in [1.54, 1.807) is 0 Å². The lowest BCUT2D eigenvalue weighted by atomic mass is 10.0. The summed E-state index contributed by atoms with van der Waals surface area (Å²) >= 11 is 0. The second-order valence-electron chi connectivity index (χ2n) is 3.77. The topological polar surface area (TPSA) is 45.1 Å². The molecule has 0 aliphatic heterocycles. The van der Waals surface area contributed by atoms with Crippen molar-refractivity contribution in [3.63, 3.8) is 0 Å². The van der Waals surface area contributed by atoms with Crippen molar-refractivity contribution < 1.29 is 5.11 Å². The van der Waals surface area contributed by atoms with E-state index in [2.05, 4.69) is 17.2 Å². The number of nitrogens with zero attached hydrogens (tertiary/aromatic N) is 1. The van der Waals surface area contributed by atoms with Gasteiger partial charge in [-0.2, -0.15) is 0 Å². The van der Waals surface area contributed by atoms with Crippen LogP contribution in [0.1, 0.15) is 25.3 Å². The van der Waals surface area contributed by atoms with Crippen molar-refractivity contribution in [1.82, 2.24) is 10.3 Å². The normalized spacial score (nSPS) is 12.7. The van der Waals surface area contributed by atoms with Crippen molar-refractivity contribution in [3.05, 3.63) is 30.1 Å². The molecule has 0 amide bonds. The van der Waals surface area contributed by atoms with Gasteiger partial charge in [-0.05, 0) is 36.6 Å². The highest BCUT2D eigenvalue weighted by atomic mass is 16.3. The van der Waals surface area contributed by atoms with Gasteiger partial charge in [0.1, 0.15) is 0 Å². The summed E-state index contributed by atoms with van der Waals surface area (Å²) in [6, 6.07) is 4.03. The van der Waals surface area contributed by atoms with Gasteiger partial charge in [-0.1, -0.05) is 13.3 Å². The zero-order valence-electron chi connectivity index (χ0n) is 9.32. The number of pyridine rings is 1. The van der Waals surface area contributed by atoms with Crippen molar-refractivity contribution in [3.8, 4) is 0 Å². The van der Waals surface area contributed by atoms with E-state index < -0.39 is 0 Å². The maximum Gasteiger partial charge on any atom is 0.0434 e. The molecule has 1 unspecified atom stereocenters. The minimum Gasteiger partial charge on any atom is -0.396 e. The third kappa shape index (κ3) is 4.91. The predicted molar refractivity (Wildman–Crippen MR) is 61.4 cm³/mol. The summed E-state index contributed by atoms with van der Waals surface area (Å²) in [5.74, 6) is 0.580. The highest BCUT2D eigenvalue weighted by Crippen LogP contribution is 2.06. The number of nitrogens with one attached hydrogen (secondary N) is 1. The Balaban J connectivity index is 2.20. The summed E-state index contributed by atoms with van der Waals surface area (Å²) in [6.45, 7) is 4.30. The molecule has 0 bridgehead atoms. The molecule has 0 radical (unpaired) electrons. The molecule has 1 rings (SSSR count). The lowest BCUT2D eigenvalue weighted by molar-refractivity contribution is 0.251. The summed E-state index contributed by atoms with van der Waals surface area (Å²) in [5.41, 5.74) is 1.25. The number of hydrogen-bond acceptors (Lipinski definition) is 3. The molecule has 0 aliphatic rings. The molecular weight excluding hydrogens is 188 g/mol. The molecule has 1 aromatic rings. The van der Waals surface area contributed by atoms with Gasteiger partial charge in [0, 0.05) is 25.5 Å². The number of aliphatic hydroxyl groups excluding tert-OH is 1. The Hall–Kier alpha value is -0.930. The number of aliphatic hydroxyl groups is 1. The van der Waals surface area contributed by atoms with E-state index in [-0.39, 0.29) is 6.61 Å². The molecule has 1 heterocycles. The van der Waals surface area contributed by atoms with Crippen molar-refractivity contribution in [2.45, 2.75) is 26.3 Å². The average molecular weight is 208 g/mol. The van der Waals surface area contributed by atoms with Crippen LogP contribution in [0.5, 0.6) is 0 Å². The molecule has 0 fully saturated rings. The van der Waals surface area contributed by atoms with Gasteiger partial charge in [-0.25, -0.2) is 0 Å². The van der Waals surface area contributed by atoms with Crippen LogP contribution in [-0.4, -0.2) is 23.2 Å². The summed E-state index contributed by atoms with van der Waals surface area (Å²) < 4.78 is 0. The molecule has 0 saturated heterocycles. The Morgan fingerprint density at radius 1 is 1.40 bits per heavy atom. The third-order valence-corrected chi connectivity index (χ3v) is 2.63. The highest BCUT2D eigenvalue weighted by Gasteiger charge is 2.04. The van der Waals surface area contributed by atoms with Crippen LogP contribution in [0.15, 0.2) is 24.5 Å². The quantitative estimate of drug-likeness (QED) is 0.715. The van der Waals surface area contributed by atoms with Gasteiger partial charge < -0.3 is 10.4 Å². The maximum absolute atomic E-state index is 8.85. The zero-order chi connectivity index (χ0) is 10.9. The van der Waals surface area contributed by atoms with Crippen molar-refractivity contribution >= 4 is 0 Å². The van der Waals surface area contributed by atoms with E-state index in [0.717, 1.165) is 25.9 Å². The minimum atomic E-state index is 0.287. The Kier molecular flexibility index (Phi) is 5.97. The van der Waals surface area contributed by atoms with Crippen LogP contribution in [0.2, 0.25) is 0 Å². The second-order valence-corrected chi connectivity index (χ2v) is 3.77. The van der Waals surface area contributed by atoms with Crippen LogP contribution < -0.4 is 5.32 Å². The lowest BCUT2D eigenvalue weighted by Gasteiger charge is -2.14. The van der Waals surface area contributed by atoms with Crippen LogP contribution in [-0.2, 0) is 6.54 Å². The molecule has 0 aliphatic carbocycles. The molecule has 15 heavy (non-hydrogen) atoms. The first kappa shape index (κ1) is 12.1. The Bertz CT molecular complexity index is 251. The van der Waals surface area contributed by atoms with Gasteiger partial charge in [-0.3, -0.25) is 4.98 Å². The molecule has 2 N–H and O–H groups in total. The fourth-order valence-electron chi connectivity index (χ4n) is 1.55. The Morgan fingerprint density at radius 2 is 2.13 bits per heavy atom. The molecule has 0 spiro atoms. The SMILES string of the molecule is CCC(CCO)CNCc1ccncc1. The summed E-state index contributed by atoms with van der Waals surface area (Å²) in [4.78, 5) is 3.97. The zero-order valence-corrected chi connectivity index (χ0v) is 9.32. The molecule has 3 nitrogen and oxygen atoms in total. The van der Waals surface area contributed by atoms with Crippen LogP contribution in [0.4, 0.5) is 0 Å². The number of rotatable bonds is 7. The van der Waals surface area contributed by atoms with Gasteiger partial charge in [-0.15, -0.1) is 0 Å². The van der Waals surface area contributed by atoms with Gasteiger partial charge >= 0.3 is 0 Å². The number of aromatic nitrogens is 1. The van der Waals surface area contributed by atoms with E-state index in [1.165, 1.54) is 5.56 Å². The first-order chi connectivity index (χ1) is 7.36. The predicted octanol–water partition coefficient (Wildman–Crippen LogP) is 1.58. The second kappa shape index (κ2) is 7.37. The Morgan fingerprint density at radius 3 is 2.73 bits per heavy atom. The summed E-state index contributed by atoms with van der Waals surface area (Å²) in [5, 5.41) is 12.2. The summed E-state index contributed by atoms with van der Waals surface area (Å²) in [6.07, 6.45) is 5.62. The van der Waals surface area contributed by atoms with Gasteiger partial charge in [0.25, 0.3) is 0 Å². The molecule has 0 saturated carbocycles. The van der Waals surface area contributed by atoms with Crippen molar-refractivity contribution in [1.29, 1.82) is 0 Å². The third-order valence-electron chi connectivity index (χ3n) is 2.63. The monoisotopic (exact) mass is 208 g/mol. The minimum absolute atomic E-state index is 0.287. The first-order valence-corrected chi connectivity index (χ1v) is 5.57. The standard InChI is InChI=1S/C12H20N2O/c1-2-11(5-8-15)9-14-10-12-3-6-13-7-4-12/h3-4,6-7,11,14-15H,2,5,8-10H2,1H3. The van der Waals surface area contributed by atoms with Crippen LogP contribution in [0, 0.1) is 5.92 Å². The van der Waals surface area contributed by atoms with E-state index in [1.807, 2.05) is 24.5 Å². The molecule has 84 valence electrons. The summed E-state index contributed by atoms with van der Waals surface area (Å²) in [7, 11) is 0. The van der Waals surface area contributed by atoms with E-state index >= 15 is 0 Å². The van der Waals surface area contributed by atoms with E-state index in [9.17, 15) is 0 Å². The van der Waals surface area contributed by atoms with E-state index in [4.69, 9.17) is 5.11 Å². The Labute approximate surface area is 91.5 Å². The number of hydrogen-bond donors (Lipinski definition) is 2. The largest absolute Gasteiger partial charge is 0.396 e. The van der Waals surface area contributed by atoms with Crippen molar-refractivity contribution in [2.75, 3.05) is 13.2 Å². The highest BCUT2D eigenvalue weighted by molar-refractivity contribution is 5.08. The van der Waals surface area contributed by atoms with E-state index in [0.29, 0.717) is 5.92 Å². The molecule has 0 aromatic carbocycles. The van der Waals surface area contributed by atoms with Gasteiger partial charge in [0.2, 0.25) is 0 Å². The maximum atomic E-state index is 8.85. The lowest BCUT2D eigenvalue weighted by Crippen LogP contribution is -2.22. The smallest absolute Gasteiger partial charge is 0.0434 e. The fraction of sp³-hybridized carbons (Fsp3) is 0.583. The van der Waals surface area contributed by atoms with Crippen molar-refractivity contribution in [2.24, 2.45) is 5.92 Å². The average Bonchev–Trinajstić information content (AvgIpc) is 2.29. The van der Waals surface area contributed by atoms with Gasteiger partial charge in [0.05, 0.1) is 0 Å². The van der Waals surface area contributed by atoms with Crippen LogP contribution >= 0.6 is 0 Å². The van der Waals surface area contributed by atoms with Crippen LogP contribution in [0.3, 0.4) is 0 Å². The molecule has 1 atom stereocenters.